The number of benzene rings is 1. The molecule has 0 atom stereocenters. The number of imidazole rings is 1. The largest absolute Gasteiger partial charge is 0.336 e. The molecule has 5 aromatic heterocycles. The van der Waals surface area contributed by atoms with E-state index in [-0.39, 0.29) is 11.7 Å². The number of carbonyl (C=O) groups excluding carboxylic acids is 1. The van der Waals surface area contributed by atoms with E-state index in [1.807, 2.05) is 39.0 Å². The lowest BCUT2D eigenvalue weighted by molar-refractivity contribution is -0.123. The first kappa shape index (κ1) is 23.4. The van der Waals surface area contributed by atoms with Gasteiger partial charge in [-0.05, 0) is 30.3 Å². The summed E-state index contributed by atoms with van der Waals surface area (Å²) in [7, 11) is 0. The molecule has 38 heavy (non-hydrogen) atoms. The number of nitrogens with one attached hydrogen (secondary N) is 3. The number of amides is 1. The minimum atomic E-state index is -0.529. The van der Waals surface area contributed by atoms with E-state index in [1.165, 1.54) is 12.1 Å². The number of fused-ring (bicyclic) bond motifs is 2. The number of carbonyl (C=O) groups is 1. The first-order chi connectivity index (χ1) is 18.3. The third-order valence-corrected chi connectivity index (χ3v) is 6.15. The lowest BCUT2D eigenvalue weighted by Crippen LogP contribution is -2.27. The Hall–Kier alpha value is -4.99. The molecule has 6 aromatic rings. The lowest BCUT2D eigenvalue weighted by atomic mass is 9.95. The number of pyridine rings is 3. The monoisotopic (exact) mass is 506 g/mol. The van der Waals surface area contributed by atoms with Crippen molar-refractivity contribution >= 4 is 33.7 Å². The van der Waals surface area contributed by atoms with Gasteiger partial charge in [0.1, 0.15) is 17.0 Å². The van der Waals surface area contributed by atoms with Crippen molar-refractivity contribution in [1.82, 2.24) is 35.1 Å². The van der Waals surface area contributed by atoms with Crippen molar-refractivity contribution in [3.05, 3.63) is 73.1 Å². The molecule has 0 saturated carbocycles. The van der Waals surface area contributed by atoms with Gasteiger partial charge in [0.05, 0.1) is 28.5 Å². The van der Waals surface area contributed by atoms with Crippen molar-refractivity contribution in [2.24, 2.45) is 5.41 Å². The summed E-state index contributed by atoms with van der Waals surface area (Å²) < 4.78 is 13.9. The molecular formula is C28H23FN8O. The average Bonchev–Trinajstić information content (AvgIpc) is 3.52. The predicted molar refractivity (Wildman–Crippen MR) is 143 cm³/mol. The first-order valence-electron chi connectivity index (χ1n) is 12.0. The van der Waals surface area contributed by atoms with Gasteiger partial charge in [-0.2, -0.15) is 5.10 Å². The molecule has 0 bridgehead atoms. The Morgan fingerprint density at radius 1 is 0.947 bits per heavy atom. The van der Waals surface area contributed by atoms with Gasteiger partial charge < -0.3 is 10.3 Å². The molecule has 3 N–H and O–H groups in total. The van der Waals surface area contributed by atoms with Gasteiger partial charge in [0, 0.05) is 40.7 Å². The van der Waals surface area contributed by atoms with Gasteiger partial charge in [0.25, 0.3) is 0 Å². The fraction of sp³-hybridized carbons (Fsp3) is 0.143. The van der Waals surface area contributed by atoms with Crippen molar-refractivity contribution in [2.45, 2.75) is 20.8 Å². The van der Waals surface area contributed by atoms with Crippen LogP contribution in [-0.2, 0) is 4.79 Å². The Labute approximate surface area is 216 Å². The van der Waals surface area contributed by atoms with Crippen LogP contribution < -0.4 is 5.32 Å². The molecule has 0 saturated heterocycles. The maximum Gasteiger partial charge on any atom is 0.229 e. The van der Waals surface area contributed by atoms with E-state index < -0.39 is 5.41 Å². The third kappa shape index (κ3) is 4.26. The third-order valence-electron chi connectivity index (χ3n) is 6.15. The maximum atomic E-state index is 13.9. The van der Waals surface area contributed by atoms with Crippen LogP contribution in [0.4, 0.5) is 10.1 Å². The lowest BCUT2D eigenvalue weighted by Gasteiger charge is -2.17. The summed E-state index contributed by atoms with van der Waals surface area (Å²) in [5, 5.41) is 11.1. The maximum absolute atomic E-state index is 13.9. The zero-order valence-electron chi connectivity index (χ0n) is 20.9. The molecular weight excluding hydrogens is 483 g/mol. The topological polar surface area (TPSA) is 125 Å². The number of aromatic amines is 2. The second-order valence-corrected chi connectivity index (χ2v) is 10.0. The zero-order chi connectivity index (χ0) is 26.4. The molecule has 1 aromatic carbocycles. The van der Waals surface area contributed by atoms with Crippen LogP contribution >= 0.6 is 0 Å². The van der Waals surface area contributed by atoms with Crippen molar-refractivity contribution in [3.63, 3.8) is 0 Å². The molecule has 9 nitrogen and oxygen atoms in total. The molecule has 0 fully saturated rings. The predicted octanol–water partition coefficient (Wildman–Crippen LogP) is 5.75. The van der Waals surface area contributed by atoms with Gasteiger partial charge in [-0.3, -0.25) is 19.9 Å². The summed E-state index contributed by atoms with van der Waals surface area (Å²) in [4.78, 5) is 33.8. The first-order valence-corrected chi connectivity index (χ1v) is 12.0. The molecule has 0 unspecified atom stereocenters. The Bertz CT molecular complexity index is 1830. The fourth-order valence-corrected chi connectivity index (χ4v) is 4.12. The number of halogens is 1. The molecule has 0 aliphatic carbocycles. The van der Waals surface area contributed by atoms with Crippen molar-refractivity contribution in [1.29, 1.82) is 0 Å². The van der Waals surface area contributed by atoms with E-state index >= 15 is 0 Å². The molecule has 10 heteroatoms. The fourth-order valence-electron chi connectivity index (χ4n) is 4.12. The van der Waals surface area contributed by atoms with Gasteiger partial charge >= 0.3 is 0 Å². The quantitative estimate of drug-likeness (QED) is 0.280. The van der Waals surface area contributed by atoms with E-state index in [2.05, 4.69) is 35.5 Å². The molecule has 0 aliphatic heterocycles. The second kappa shape index (κ2) is 8.84. The molecule has 188 valence electrons. The van der Waals surface area contributed by atoms with Crippen molar-refractivity contribution in [2.75, 3.05) is 5.32 Å². The molecule has 5 heterocycles. The number of aromatic nitrogens is 7. The number of H-pyrrole nitrogens is 2. The Morgan fingerprint density at radius 2 is 1.79 bits per heavy atom. The van der Waals surface area contributed by atoms with E-state index in [9.17, 15) is 9.18 Å². The van der Waals surface area contributed by atoms with Crippen molar-refractivity contribution in [3.8, 4) is 33.9 Å². The summed E-state index contributed by atoms with van der Waals surface area (Å²) in [6.07, 6.45) is 6.71. The SMILES string of the molecule is CC(C)(C)C(=O)Nc1cncc(-c2cnc3[nH]nc(-c4nc5c(-c6cccc(F)c6)nccc5[nH]4)c3c2)c1. The van der Waals surface area contributed by atoms with Crippen LogP contribution in [0.1, 0.15) is 20.8 Å². The van der Waals surface area contributed by atoms with Crippen LogP contribution in [-0.4, -0.2) is 41.0 Å². The van der Waals surface area contributed by atoms with Crippen LogP contribution in [0.2, 0.25) is 0 Å². The highest BCUT2D eigenvalue weighted by atomic mass is 19.1. The smallest absolute Gasteiger partial charge is 0.229 e. The molecule has 0 radical (unpaired) electrons. The number of hydrogen-bond acceptors (Lipinski definition) is 6. The van der Waals surface area contributed by atoms with Crippen LogP contribution in [0.3, 0.4) is 0 Å². The van der Waals surface area contributed by atoms with Crippen LogP contribution in [0.5, 0.6) is 0 Å². The Balaban J connectivity index is 1.40. The minimum absolute atomic E-state index is 0.0980. The van der Waals surface area contributed by atoms with Crippen LogP contribution in [0.15, 0.2) is 67.3 Å². The summed E-state index contributed by atoms with van der Waals surface area (Å²) in [6.45, 7) is 5.56. The Kier molecular flexibility index (Phi) is 5.45. The molecule has 6 rings (SSSR count). The normalized spacial score (nSPS) is 11.8. The average molecular weight is 507 g/mol. The highest BCUT2D eigenvalue weighted by Gasteiger charge is 2.22. The second-order valence-electron chi connectivity index (χ2n) is 10.0. The highest BCUT2D eigenvalue weighted by Crippen LogP contribution is 2.32. The zero-order valence-corrected chi connectivity index (χ0v) is 20.9. The Morgan fingerprint density at radius 3 is 2.61 bits per heavy atom. The summed E-state index contributed by atoms with van der Waals surface area (Å²) in [5.74, 6) is 0.0878. The van der Waals surface area contributed by atoms with Gasteiger partial charge in [0.15, 0.2) is 11.5 Å². The van der Waals surface area contributed by atoms with Crippen molar-refractivity contribution < 1.29 is 9.18 Å². The standard InChI is InChI=1S/C28H23FN8O/c1-28(2,3)27(38)33-19-10-16(12-30-14-19)17-11-20-23(36-37-25(20)32-13-17)26-34-21-7-8-31-22(24(21)35-26)15-5-4-6-18(29)9-15/h4-14H,1-3H3,(H,33,38)(H,34,35)(H,32,36,37). The summed E-state index contributed by atoms with van der Waals surface area (Å²) in [5.41, 5.74) is 5.42. The molecule has 0 aliphatic rings. The summed E-state index contributed by atoms with van der Waals surface area (Å²) in [6, 6.07) is 11.9. The number of anilines is 1. The number of rotatable bonds is 4. The number of hydrogen-bond donors (Lipinski definition) is 3. The van der Waals surface area contributed by atoms with E-state index in [1.54, 1.807) is 36.9 Å². The van der Waals surface area contributed by atoms with E-state index in [0.717, 1.165) is 22.0 Å². The van der Waals surface area contributed by atoms with Gasteiger partial charge in [0.2, 0.25) is 5.91 Å². The van der Waals surface area contributed by atoms with E-state index in [0.29, 0.717) is 39.6 Å². The van der Waals surface area contributed by atoms with E-state index in [4.69, 9.17) is 4.98 Å². The summed E-state index contributed by atoms with van der Waals surface area (Å²) >= 11 is 0. The molecule has 1 amide bonds. The van der Waals surface area contributed by atoms with Gasteiger partial charge in [-0.1, -0.05) is 32.9 Å². The highest BCUT2D eigenvalue weighted by molar-refractivity contribution is 5.97. The van der Waals surface area contributed by atoms with Gasteiger partial charge in [-0.25, -0.2) is 14.4 Å². The van der Waals surface area contributed by atoms with Gasteiger partial charge in [-0.15, -0.1) is 0 Å². The minimum Gasteiger partial charge on any atom is -0.336 e. The molecule has 0 spiro atoms. The number of nitrogens with zero attached hydrogens (tertiary/aromatic N) is 5. The van der Waals surface area contributed by atoms with Crippen LogP contribution in [0.25, 0.3) is 56.0 Å². The van der Waals surface area contributed by atoms with Crippen LogP contribution in [0, 0.1) is 11.2 Å².